The van der Waals surface area contributed by atoms with Gasteiger partial charge in [-0.05, 0) is 50.8 Å². The summed E-state index contributed by atoms with van der Waals surface area (Å²) < 4.78 is 0. The van der Waals surface area contributed by atoms with Crippen molar-refractivity contribution in [3.63, 3.8) is 0 Å². The summed E-state index contributed by atoms with van der Waals surface area (Å²) in [5, 5.41) is 3.99. The fourth-order valence-corrected chi connectivity index (χ4v) is 4.85. The first-order valence-electron chi connectivity index (χ1n) is 10.2. The standard InChI is InChI=1S/C21H29Cl2N3O2/c1-14(2)24-20(27)19(15-5-3-4-6-15)25-9-11-26(12-10-25)21(28)17-8-7-16(22)13-18(17)23/h7-8,13-15,19H,3-6,9-12H2,1-2H3,(H,24,27)/t19-/m0/s1. The Balaban J connectivity index is 1.66. The Morgan fingerprint density at radius 3 is 2.29 bits per heavy atom. The molecule has 1 saturated carbocycles. The van der Waals surface area contributed by atoms with E-state index >= 15 is 0 Å². The highest BCUT2D eigenvalue weighted by molar-refractivity contribution is 6.36. The SMILES string of the molecule is CC(C)NC(=O)[C@H](C1CCCC1)N1CCN(C(=O)c2ccc(Cl)cc2Cl)CC1. The Morgan fingerprint density at radius 2 is 1.71 bits per heavy atom. The van der Waals surface area contributed by atoms with Crippen LogP contribution in [-0.2, 0) is 4.79 Å². The van der Waals surface area contributed by atoms with Crippen LogP contribution in [0.2, 0.25) is 10.0 Å². The number of piperazine rings is 1. The van der Waals surface area contributed by atoms with Crippen LogP contribution in [0.15, 0.2) is 18.2 Å². The Bertz CT molecular complexity index is 712. The van der Waals surface area contributed by atoms with E-state index in [1.54, 1.807) is 18.2 Å². The van der Waals surface area contributed by atoms with E-state index in [9.17, 15) is 9.59 Å². The third-order valence-corrected chi connectivity index (χ3v) is 6.25. The summed E-state index contributed by atoms with van der Waals surface area (Å²) in [5.41, 5.74) is 0.476. The molecule has 1 atom stereocenters. The van der Waals surface area contributed by atoms with Crippen molar-refractivity contribution in [1.82, 2.24) is 15.1 Å². The van der Waals surface area contributed by atoms with Gasteiger partial charge in [-0.1, -0.05) is 36.0 Å². The van der Waals surface area contributed by atoms with Gasteiger partial charge in [0, 0.05) is 37.2 Å². The molecule has 0 spiro atoms. The Labute approximate surface area is 177 Å². The second-order valence-corrected chi connectivity index (χ2v) is 8.95. The molecular formula is C21H29Cl2N3O2. The van der Waals surface area contributed by atoms with Crippen LogP contribution < -0.4 is 5.32 Å². The van der Waals surface area contributed by atoms with E-state index < -0.39 is 0 Å². The summed E-state index contributed by atoms with van der Waals surface area (Å²) in [6, 6.07) is 4.99. The lowest BCUT2D eigenvalue weighted by atomic mass is 9.94. The fourth-order valence-electron chi connectivity index (χ4n) is 4.36. The molecule has 1 N–H and O–H groups in total. The number of rotatable bonds is 5. The van der Waals surface area contributed by atoms with Gasteiger partial charge in [0.2, 0.25) is 5.91 Å². The highest BCUT2D eigenvalue weighted by atomic mass is 35.5. The van der Waals surface area contributed by atoms with Gasteiger partial charge >= 0.3 is 0 Å². The Morgan fingerprint density at radius 1 is 1.07 bits per heavy atom. The molecule has 1 aromatic rings. The normalized spacial score (nSPS) is 19.8. The van der Waals surface area contributed by atoms with E-state index in [0.29, 0.717) is 47.7 Å². The quantitative estimate of drug-likeness (QED) is 0.779. The minimum absolute atomic E-state index is 0.0784. The maximum atomic E-state index is 12.9. The second kappa shape index (κ2) is 9.47. The number of nitrogens with zero attached hydrogens (tertiary/aromatic N) is 2. The number of carbonyl (C=O) groups excluding carboxylic acids is 2. The number of hydrogen-bond donors (Lipinski definition) is 1. The molecule has 1 saturated heterocycles. The highest BCUT2D eigenvalue weighted by Gasteiger charge is 2.37. The lowest BCUT2D eigenvalue weighted by molar-refractivity contribution is -0.129. The molecule has 0 aromatic heterocycles. The average molecular weight is 426 g/mol. The average Bonchev–Trinajstić information content (AvgIpc) is 3.15. The molecule has 5 nitrogen and oxygen atoms in total. The summed E-state index contributed by atoms with van der Waals surface area (Å²) in [7, 11) is 0. The number of hydrogen-bond acceptors (Lipinski definition) is 3. The van der Waals surface area contributed by atoms with Crippen molar-refractivity contribution < 1.29 is 9.59 Å². The van der Waals surface area contributed by atoms with Crippen molar-refractivity contribution in [2.24, 2.45) is 5.92 Å². The van der Waals surface area contributed by atoms with E-state index in [-0.39, 0.29) is 23.9 Å². The van der Waals surface area contributed by atoms with Crippen molar-refractivity contribution >= 4 is 35.0 Å². The van der Waals surface area contributed by atoms with Crippen molar-refractivity contribution in [2.75, 3.05) is 26.2 Å². The van der Waals surface area contributed by atoms with Gasteiger partial charge in [0.15, 0.2) is 0 Å². The molecule has 7 heteroatoms. The summed E-state index contributed by atoms with van der Waals surface area (Å²) in [6.45, 7) is 6.57. The first kappa shape index (κ1) is 21.4. The van der Waals surface area contributed by atoms with Gasteiger partial charge in [-0.25, -0.2) is 0 Å². The molecule has 1 aliphatic carbocycles. The zero-order chi connectivity index (χ0) is 20.3. The maximum absolute atomic E-state index is 12.9. The highest BCUT2D eigenvalue weighted by Crippen LogP contribution is 2.31. The minimum Gasteiger partial charge on any atom is -0.353 e. The first-order valence-corrected chi connectivity index (χ1v) is 10.9. The van der Waals surface area contributed by atoms with Crippen molar-refractivity contribution in [3.05, 3.63) is 33.8 Å². The van der Waals surface area contributed by atoms with E-state index in [2.05, 4.69) is 10.2 Å². The molecule has 2 aliphatic rings. The van der Waals surface area contributed by atoms with Crippen LogP contribution in [0.5, 0.6) is 0 Å². The molecule has 0 unspecified atom stereocenters. The lowest BCUT2D eigenvalue weighted by Gasteiger charge is -2.41. The summed E-state index contributed by atoms with van der Waals surface area (Å²) in [5.74, 6) is 0.458. The largest absolute Gasteiger partial charge is 0.353 e. The van der Waals surface area contributed by atoms with E-state index in [0.717, 1.165) is 12.8 Å². The Hall–Kier alpha value is -1.30. The van der Waals surface area contributed by atoms with Crippen LogP contribution in [0.3, 0.4) is 0 Å². The molecule has 3 rings (SSSR count). The molecule has 2 amide bonds. The molecule has 1 aliphatic heterocycles. The fraction of sp³-hybridized carbons (Fsp3) is 0.619. The number of nitrogens with one attached hydrogen (secondary N) is 1. The first-order chi connectivity index (χ1) is 13.4. The van der Waals surface area contributed by atoms with Crippen molar-refractivity contribution in [2.45, 2.75) is 51.6 Å². The smallest absolute Gasteiger partial charge is 0.255 e. The summed E-state index contributed by atoms with van der Waals surface area (Å²) in [6.07, 6.45) is 4.61. The number of halogens is 2. The maximum Gasteiger partial charge on any atom is 0.255 e. The van der Waals surface area contributed by atoms with Crippen LogP contribution in [0.25, 0.3) is 0 Å². The van der Waals surface area contributed by atoms with Crippen molar-refractivity contribution in [3.8, 4) is 0 Å². The zero-order valence-electron chi connectivity index (χ0n) is 16.6. The van der Waals surface area contributed by atoms with E-state index in [1.807, 2.05) is 18.7 Å². The van der Waals surface area contributed by atoms with Gasteiger partial charge in [0.05, 0.1) is 16.6 Å². The summed E-state index contributed by atoms with van der Waals surface area (Å²) in [4.78, 5) is 29.8. The molecule has 154 valence electrons. The van der Waals surface area contributed by atoms with Crippen molar-refractivity contribution in [1.29, 1.82) is 0 Å². The van der Waals surface area contributed by atoms with Gasteiger partial charge in [-0.3, -0.25) is 14.5 Å². The van der Waals surface area contributed by atoms with Crippen LogP contribution in [-0.4, -0.2) is 59.9 Å². The number of carbonyl (C=O) groups is 2. The lowest BCUT2D eigenvalue weighted by Crippen LogP contribution is -2.58. The molecule has 0 bridgehead atoms. The van der Waals surface area contributed by atoms with Crippen LogP contribution in [0.4, 0.5) is 0 Å². The predicted molar refractivity (Wildman–Crippen MR) is 113 cm³/mol. The molecule has 0 radical (unpaired) electrons. The van der Waals surface area contributed by atoms with Crippen LogP contribution in [0, 0.1) is 5.92 Å². The van der Waals surface area contributed by atoms with Gasteiger partial charge in [0.1, 0.15) is 0 Å². The zero-order valence-corrected chi connectivity index (χ0v) is 18.1. The molecule has 2 fully saturated rings. The topological polar surface area (TPSA) is 52.7 Å². The van der Waals surface area contributed by atoms with Gasteiger partial charge in [-0.15, -0.1) is 0 Å². The molecule has 1 aromatic carbocycles. The molecular weight excluding hydrogens is 397 g/mol. The predicted octanol–water partition coefficient (Wildman–Crippen LogP) is 3.83. The molecule has 1 heterocycles. The minimum atomic E-state index is -0.0960. The number of benzene rings is 1. The second-order valence-electron chi connectivity index (χ2n) is 8.11. The van der Waals surface area contributed by atoms with Crippen LogP contribution >= 0.6 is 23.2 Å². The van der Waals surface area contributed by atoms with Gasteiger partial charge in [-0.2, -0.15) is 0 Å². The monoisotopic (exact) mass is 425 g/mol. The van der Waals surface area contributed by atoms with Gasteiger partial charge < -0.3 is 10.2 Å². The number of amides is 2. The third kappa shape index (κ3) is 5.00. The van der Waals surface area contributed by atoms with Crippen LogP contribution in [0.1, 0.15) is 49.9 Å². The third-order valence-electron chi connectivity index (χ3n) is 5.70. The summed E-state index contributed by atoms with van der Waals surface area (Å²) >= 11 is 12.1. The van der Waals surface area contributed by atoms with E-state index in [1.165, 1.54) is 12.8 Å². The Kier molecular flexibility index (Phi) is 7.24. The van der Waals surface area contributed by atoms with E-state index in [4.69, 9.17) is 23.2 Å². The van der Waals surface area contributed by atoms with Gasteiger partial charge in [0.25, 0.3) is 5.91 Å². The molecule has 28 heavy (non-hydrogen) atoms.